The van der Waals surface area contributed by atoms with Crippen molar-refractivity contribution in [2.75, 3.05) is 25.3 Å². The maximum Gasteiger partial charge on any atom is 0.422 e. The number of nitrogens with one attached hydrogen (secondary N) is 1. The SMILES string of the molecule is CC(C)(C)OC(=O)N(COCC[Si](C)(C)C)C1=N[C@](C)(c2cc(NC(=O)c3cnc(OCC(F)(F)F)cn3)ccc2F)[C@@H]2C[C@]2(C(=O)O)S1. The molecule has 12 nitrogen and oxygen atoms in total. The van der Waals surface area contributed by atoms with Crippen LogP contribution in [0.1, 0.15) is 50.2 Å². The quantitative estimate of drug-likeness (QED) is 0.113. The van der Waals surface area contributed by atoms with Gasteiger partial charge in [0.25, 0.3) is 5.91 Å². The summed E-state index contributed by atoms with van der Waals surface area (Å²) in [6.07, 6.45) is -3.51. The van der Waals surface area contributed by atoms with Crippen LogP contribution in [0.4, 0.5) is 28.0 Å². The number of amidine groups is 1. The number of carboxylic acids is 1. The van der Waals surface area contributed by atoms with Gasteiger partial charge in [-0.15, -0.1) is 0 Å². The molecule has 1 saturated carbocycles. The molecular weight excluding hydrogens is 691 g/mol. The summed E-state index contributed by atoms with van der Waals surface area (Å²) in [5.41, 5.74) is -2.62. The fourth-order valence-corrected chi connectivity index (χ4v) is 7.27. The Bertz CT molecular complexity index is 1620. The molecule has 1 aliphatic heterocycles. The van der Waals surface area contributed by atoms with Gasteiger partial charge in [0.2, 0.25) is 5.88 Å². The van der Waals surface area contributed by atoms with Crippen molar-refractivity contribution in [3.63, 3.8) is 0 Å². The Kier molecular flexibility index (Phi) is 10.8. The van der Waals surface area contributed by atoms with Crippen molar-refractivity contribution in [1.29, 1.82) is 0 Å². The molecule has 1 aromatic heterocycles. The van der Waals surface area contributed by atoms with Crippen molar-refractivity contribution in [1.82, 2.24) is 14.9 Å². The van der Waals surface area contributed by atoms with Crippen molar-refractivity contribution in [2.24, 2.45) is 10.9 Å². The predicted molar refractivity (Wildman–Crippen MR) is 176 cm³/mol. The van der Waals surface area contributed by atoms with Gasteiger partial charge in [-0.1, -0.05) is 31.4 Å². The second kappa shape index (κ2) is 13.9. The molecule has 49 heavy (non-hydrogen) atoms. The lowest BCUT2D eigenvalue weighted by Crippen LogP contribution is -2.47. The molecule has 2 N–H and O–H groups in total. The highest BCUT2D eigenvalue weighted by molar-refractivity contribution is 8.15. The Morgan fingerprint density at radius 2 is 1.84 bits per heavy atom. The maximum absolute atomic E-state index is 15.7. The number of fused-ring (bicyclic) bond motifs is 1. The zero-order chi connectivity index (χ0) is 36.6. The first-order chi connectivity index (χ1) is 22.5. The van der Waals surface area contributed by atoms with Crippen LogP contribution in [-0.4, -0.2) is 87.7 Å². The third-order valence-electron chi connectivity index (χ3n) is 7.63. The molecule has 2 aliphatic rings. The van der Waals surface area contributed by atoms with Gasteiger partial charge < -0.3 is 24.6 Å². The Morgan fingerprint density at radius 3 is 2.41 bits per heavy atom. The Hall–Kier alpha value is -3.77. The number of thioether (sulfide) groups is 1. The highest BCUT2D eigenvalue weighted by Gasteiger charge is 2.72. The number of ether oxygens (including phenoxy) is 3. The van der Waals surface area contributed by atoms with E-state index in [1.807, 2.05) is 0 Å². The molecule has 0 unspecified atom stereocenters. The van der Waals surface area contributed by atoms with Crippen LogP contribution in [0.15, 0.2) is 35.6 Å². The third-order valence-corrected chi connectivity index (χ3v) is 10.8. The second-order valence-corrected chi connectivity index (χ2v) is 21.1. The summed E-state index contributed by atoms with van der Waals surface area (Å²) < 4.78 is 67.5. The molecule has 0 spiro atoms. The molecule has 1 aliphatic carbocycles. The first kappa shape index (κ1) is 38.0. The minimum absolute atomic E-state index is 0.0159. The van der Waals surface area contributed by atoms with Crippen molar-refractivity contribution in [3.05, 3.63) is 47.7 Å². The molecule has 18 heteroatoms. The monoisotopic (exact) mass is 729 g/mol. The highest BCUT2D eigenvalue weighted by Crippen LogP contribution is 2.66. The molecule has 1 fully saturated rings. The number of carbonyl (C=O) groups excluding carboxylic acids is 2. The molecule has 2 aromatic rings. The van der Waals surface area contributed by atoms with Crippen molar-refractivity contribution in [2.45, 2.75) is 81.9 Å². The van der Waals surface area contributed by atoms with Gasteiger partial charge >= 0.3 is 18.2 Å². The number of anilines is 1. The molecular formula is C31H39F4N5O7SSi. The zero-order valence-corrected chi connectivity index (χ0v) is 29.9. The van der Waals surface area contributed by atoms with Crippen LogP contribution in [0, 0.1) is 11.7 Å². The van der Waals surface area contributed by atoms with Crippen LogP contribution >= 0.6 is 11.8 Å². The summed E-state index contributed by atoms with van der Waals surface area (Å²) in [5, 5.41) is 12.9. The van der Waals surface area contributed by atoms with Crippen LogP contribution in [0.25, 0.3) is 0 Å². The molecule has 0 radical (unpaired) electrons. The largest absolute Gasteiger partial charge is 0.480 e. The third kappa shape index (κ3) is 9.48. The lowest BCUT2D eigenvalue weighted by atomic mass is 9.85. The van der Waals surface area contributed by atoms with Gasteiger partial charge in [0.05, 0.1) is 17.9 Å². The van der Waals surface area contributed by atoms with Crippen molar-refractivity contribution < 1.29 is 51.3 Å². The summed E-state index contributed by atoms with van der Waals surface area (Å²) >= 11 is 0.887. The first-order valence-electron chi connectivity index (χ1n) is 15.3. The maximum atomic E-state index is 15.7. The fraction of sp³-hybridized carbons (Fsp3) is 0.548. The standard InChI is InChI=1S/C31H39F4N5O7SSi/c1-28(2,3)47-27(44)40(17-45-10-11-49(5,6)7)26-39-29(4,22-13-30(22,48-26)25(42)43)19-12-18(8-9-20(19)32)38-24(41)21-14-37-23(15-36-21)46-16-31(33,34)35/h8-9,12,14-15,22H,10-11,13,16-17H2,1-7H3,(H,38,41)(H,42,43)/t22-,29+,30-/m0/s1. The van der Waals surface area contributed by atoms with E-state index in [1.165, 1.54) is 12.1 Å². The number of carbonyl (C=O) groups is 3. The van der Waals surface area contributed by atoms with E-state index in [2.05, 4.69) is 39.7 Å². The number of carboxylic acid groups (broad SMARTS) is 1. The number of aliphatic imine (C=N–C) groups is 1. The van der Waals surface area contributed by atoms with E-state index < -0.39 is 72.3 Å². The average molecular weight is 730 g/mol. The van der Waals surface area contributed by atoms with Crippen LogP contribution in [0.5, 0.6) is 5.88 Å². The number of rotatable bonds is 11. The molecule has 4 rings (SSSR count). The van der Waals surface area contributed by atoms with E-state index in [-0.39, 0.29) is 35.3 Å². The minimum atomic E-state index is -4.59. The number of benzene rings is 1. The predicted octanol–water partition coefficient (Wildman–Crippen LogP) is 6.52. The summed E-state index contributed by atoms with van der Waals surface area (Å²) in [6, 6.07) is 4.47. The van der Waals surface area contributed by atoms with Crippen LogP contribution < -0.4 is 10.1 Å². The van der Waals surface area contributed by atoms with E-state index in [0.717, 1.165) is 41.2 Å². The first-order valence-corrected chi connectivity index (χ1v) is 19.8. The van der Waals surface area contributed by atoms with Gasteiger partial charge in [-0.3, -0.25) is 14.6 Å². The number of aliphatic carboxylic acids is 1. The van der Waals surface area contributed by atoms with E-state index in [4.69, 9.17) is 14.5 Å². The van der Waals surface area contributed by atoms with Gasteiger partial charge in [-0.05, 0) is 58.4 Å². The van der Waals surface area contributed by atoms with E-state index in [9.17, 15) is 32.7 Å². The number of amides is 2. The van der Waals surface area contributed by atoms with E-state index in [1.54, 1.807) is 27.7 Å². The van der Waals surface area contributed by atoms with Gasteiger partial charge in [0.1, 0.15) is 28.6 Å². The number of halogens is 4. The lowest BCUT2D eigenvalue weighted by Gasteiger charge is -2.37. The minimum Gasteiger partial charge on any atom is -0.480 e. The molecule has 0 saturated heterocycles. The van der Waals surface area contributed by atoms with Gasteiger partial charge in [-0.2, -0.15) is 13.2 Å². The Morgan fingerprint density at radius 1 is 1.14 bits per heavy atom. The summed E-state index contributed by atoms with van der Waals surface area (Å²) in [7, 11) is -1.48. The number of nitrogens with zero attached hydrogens (tertiary/aromatic N) is 4. The van der Waals surface area contributed by atoms with E-state index >= 15 is 4.39 Å². The van der Waals surface area contributed by atoms with Crippen molar-refractivity contribution >= 4 is 48.7 Å². The highest BCUT2D eigenvalue weighted by atomic mass is 32.2. The van der Waals surface area contributed by atoms with Gasteiger partial charge in [0, 0.05) is 31.8 Å². The number of hydrogen-bond acceptors (Lipinski definition) is 10. The Balaban J connectivity index is 1.65. The Labute approximate surface area is 286 Å². The van der Waals surface area contributed by atoms with Crippen LogP contribution in [0.2, 0.25) is 25.7 Å². The molecule has 2 heterocycles. The number of alkyl halides is 3. The van der Waals surface area contributed by atoms with Gasteiger partial charge in [-0.25, -0.2) is 24.1 Å². The molecule has 1 aromatic carbocycles. The summed E-state index contributed by atoms with van der Waals surface area (Å²) in [4.78, 5) is 52.4. The summed E-state index contributed by atoms with van der Waals surface area (Å²) in [6.45, 7) is 11.6. The van der Waals surface area contributed by atoms with Crippen LogP contribution in [0.3, 0.4) is 0 Å². The van der Waals surface area contributed by atoms with Gasteiger partial charge in [0.15, 0.2) is 11.8 Å². The molecule has 0 bridgehead atoms. The lowest BCUT2D eigenvalue weighted by molar-refractivity contribution is -0.154. The zero-order valence-electron chi connectivity index (χ0n) is 28.1. The molecule has 3 atom stereocenters. The number of hydrogen-bond donors (Lipinski definition) is 2. The number of aromatic nitrogens is 2. The smallest absolute Gasteiger partial charge is 0.422 e. The fourth-order valence-electron chi connectivity index (χ4n) is 5.00. The molecule has 2 amide bonds. The summed E-state index contributed by atoms with van der Waals surface area (Å²) in [5.74, 6) is -3.82. The topological polar surface area (TPSA) is 153 Å². The second-order valence-electron chi connectivity index (χ2n) is 14.1. The van der Waals surface area contributed by atoms with Crippen molar-refractivity contribution in [3.8, 4) is 5.88 Å². The van der Waals surface area contributed by atoms with E-state index in [0.29, 0.717) is 6.61 Å². The van der Waals surface area contributed by atoms with Crippen LogP contribution in [-0.2, 0) is 19.8 Å². The molecule has 268 valence electrons. The average Bonchev–Trinajstić information content (AvgIpc) is 3.73. The normalized spacial score (nSPS) is 22.0.